The number of hydrogen-bond donors (Lipinski definition) is 2. The Morgan fingerprint density at radius 1 is 1.12 bits per heavy atom. The highest BCUT2D eigenvalue weighted by molar-refractivity contribution is 5.68. The minimum Gasteiger partial charge on any atom is -0.397 e. The van der Waals surface area contributed by atoms with Crippen LogP contribution in [0, 0.1) is 5.92 Å². The summed E-state index contributed by atoms with van der Waals surface area (Å²) in [6.45, 7) is 3.70. The number of nitrogen functional groups attached to an aromatic ring is 2. The van der Waals surface area contributed by atoms with Crippen LogP contribution < -0.4 is 11.5 Å². The van der Waals surface area contributed by atoms with Crippen molar-refractivity contribution in [1.82, 2.24) is 4.90 Å². The molecule has 1 aromatic carbocycles. The highest BCUT2D eigenvalue weighted by Crippen LogP contribution is 2.41. The number of para-hydroxylation sites is 1. The zero-order chi connectivity index (χ0) is 11.1. The molecule has 0 radical (unpaired) electrons. The van der Waals surface area contributed by atoms with Gasteiger partial charge in [-0.3, -0.25) is 0 Å². The molecule has 3 heteroatoms. The van der Waals surface area contributed by atoms with E-state index in [1.54, 1.807) is 0 Å². The van der Waals surface area contributed by atoms with Crippen molar-refractivity contribution >= 4 is 11.4 Å². The molecule has 0 aromatic heterocycles. The first kappa shape index (κ1) is 9.97. The average molecular weight is 217 g/mol. The Hall–Kier alpha value is -1.22. The highest BCUT2D eigenvalue weighted by atomic mass is 15.1. The van der Waals surface area contributed by atoms with Gasteiger partial charge in [-0.05, 0) is 43.5 Å². The number of benzene rings is 1. The van der Waals surface area contributed by atoms with Crippen molar-refractivity contribution in [1.29, 1.82) is 0 Å². The van der Waals surface area contributed by atoms with E-state index in [0.717, 1.165) is 17.3 Å². The first-order valence-corrected chi connectivity index (χ1v) is 6.12. The molecule has 4 rings (SSSR count). The van der Waals surface area contributed by atoms with E-state index >= 15 is 0 Å². The first-order valence-electron chi connectivity index (χ1n) is 6.12. The predicted molar refractivity (Wildman–Crippen MR) is 67.2 cm³/mol. The summed E-state index contributed by atoms with van der Waals surface area (Å²) in [6, 6.07) is 6.07. The van der Waals surface area contributed by atoms with Gasteiger partial charge < -0.3 is 16.4 Å². The van der Waals surface area contributed by atoms with E-state index in [0.29, 0.717) is 5.92 Å². The normalized spacial score (nSPS) is 32.9. The number of anilines is 2. The minimum absolute atomic E-state index is 0.603. The number of nitrogens with two attached hydrogens (primary N) is 2. The van der Waals surface area contributed by atoms with Crippen LogP contribution in [0.4, 0.5) is 11.4 Å². The van der Waals surface area contributed by atoms with Crippen LogP contribution in [0.3, 0.4) is 0 Å². The van der Waals surface area contributed by atoms with Gasteiger partial charge in [-0.1, -0.05) is 12.1 Å². The van der Waals surface area contributed by atoms with Gasteiger partial charge in [0, 0.05) is 12.5 Å². The Morgan fingerprint density at radius 2 is 1.88 bits per heavy atom. The zero-order valence-electron chi connectivity index (χ0n) is 9.52. The third kappa shape index (κ3) is 1.47. The van der Waals surface area contributed by atoms with Crippen molar-refractivity contribution in [2.24, 2.45) is 5.92 Å². The molecule has 2 bridgehead atoms. The average Bonchev–Trinajstić information content (AvgIpc) is 2.34. The molecule has 3 saturated heterocycles. The molecule has 4 N–H and O–H groups in total. The Bertz CT molecular complexity index is 394. The molecule has 3 heterocycles. The van der Waals surface area contributed by atoms with E-state index in [4.69, 9.17) is 11.5 Å². The van der Waals surface area contributed by atoms with Gasteiger partial charge >= 0.3 is 0 Å². The van der Waals surface area contributed by atoms with E-state index in [-0.39, 0.29) is 0 Å². The topological polar surface area (TPSA) is 55.3 Å². The molecule has 3 aliphatic heterocycles. The fourth-order valence-corrected chi connectivity index (χ4v) is 3.24. The maximum atomic E-state index is 6.10. The smallest absolute Gasteiger partial charge is 0.0583 e. The van der Waals surface area contributed by atoms with Crippen LogP contribution in [-0.4, -0.2) is 24.5 Å². The molecular formula is C13H19N3. The summed E-state index contributed by atoms with van der Waals surface area (Å²) < 4.78 is 0. The number of rotatable bonds is 1. The lowest BCUT2D eigenvalue weighted by atomic mass is 9.75. The lowest BCUT2D eigenvalue weighted by Crippen LogP contribution is -2.46. The molecule has 0 spiro atoms. The van der Waals surface area contributed by atoms with E-state index in [9.17, 15) is 0 Å². The van der Waals surface area contributed by atoms with Crippen molar-refractivity contribution in [2.75, 3.05) is 31.1 Å². The maximum Gasteiger partial charge on any atom is 0.0583 e. The summed E-state index contributed by atoms with van der Waals surface area (Å²) >= 11 is 0. The second-order valence-electron chi connectivity index (χ2n) is 5.09. The lowest BCUT2D eigenvalue weighted by molar-refractivity contribution is 0.0874. The summed E-state index contributed by atoms with van der Waals surface area (Å²) in [5, 5.41) is 0. The fraction of sp³-hybridized carbons (Fsp3) is 0.538. The monoisotopic (exact) mass is 217 g/mol. The molecule has 1 aromatic rings. The lowest BCUT2D eigenvalue weighted by Gasteiger charge is -2.45. The molecule has 86 valence electrons. The van der Waals surface area contributed by atoms with Crippen LogP contribution >= 0.6 is 0 Å². The summed E-state index contributed by atoms with van der Waals surface area (Å²) in [6.07, 6.45) is 2.64. The number of piperidine rings is 3. The van der Waals surface area contributed by atoms with Crippen LogP contribution in [0.15, 0.2) is 18.2 Å². The van der Waals surface area contributed by atoms with E-state index < -0.39 is 0 Å². The number of fused-ring (bicyclic) bond motifs is 3. The van der Waals surface area contributed by atoms with Crippen molar-refractivity contribution in [2.45, 2.75) is 18.8 Å². The quantitative estimate of drug-likeness (QED) is 0.703. The molecule has 0 saturated carbocycles. The van der Waals surface area contributed by atoms with Gasteiger partial charge in [0.25, 0.3) is 0 Å². The second kappa shape index (κ2) is 3.67. The van der Waals surface area contributed by atoms with E-state index in [1.165, 1.54) is 38.0 Å². The van der Waals surface area contributed by atoms with Crippen LogP contribution in [0.1, 0.15) is 24.3 Å². The predicted octanol–water partition coefficient (Wildman–Crippen LogP) is 1.66. The Labute approximate surface area is 96.4 Å². The summed E-state index contributed by atoms with van der Waals surface area (Å²) in [5.74, 6) is 1.42. The summed E-state index contributed by atoms with van der Waals surface area (Å²) in [7, 11) is 0. The molecular weight excluding hydrogens is 198 g/mol. The van der Waals surface area contributed by atoms with Gasteiger partial charge in [0.2, 0.25) is 0 Å². The third-order valence-electron chi connectivity index (χ3n) is 4.23. The minimum atomic E-state index is 0.603. The molecule has 16 heavy (non-hydrogen) atoms. The first-order chi connectivity index (χ1) is 7.75. The summed E-state index contributed by atoms with van der Waals surface area (Å²) in [5.41, 5.74) is 14.8. The molecule has 3 nitrogen and oxygen atoms in total. The third-order valence-corrected chi connectivity index (χ3v) is 4.23. The van der Waals surface area contributed by atoms with E-state index in [1.807, 2.05) is 12.1 Å². The Kier molecular flexibility index (Phi) is 2.28. The summed E-state index contributed by atoms with van der Waals surface area (Å²) in [4.78, 5) is 2.55. The molecule has 0 amide bonds. The molecule has 3 fully saturated rings. The van der Waals surface area contributed by atoms with Gasteiger partial charge in [-0.15, -0.1) is 0 Å². The molecule has 3 aliphatic rings. The van der Waals surface area contributed by atoms with Gasteiger partial charge in [-0.25, -0.2) is 0 Å². The molecule has 1 unspecified atom stereocenters. The second-order valence-corrected chi connectivity index (χ2v) is 5.09. The fourth-order valence-electron chi connectivity index (χ4n) is 3.24. The maximum absolute atomic E-state index is 6.10. The van der Waals surface area contributed by atoms with Crippen molar-refractivity contribution in [3.05, 3.63) is 23.8 Å². The van der Waals surface area contributed by atoms with Crippen LogP contribution in [0.5, 0.6) is 0 Å². The Balaban J connectivity index is 1.95. The largest absolute Gasteiger partial charge is 0.397 e. The van der Waals surface area contributed by atoms with Gasteiger partial charge in [0.05, 0.1) is 11.4 Å². The zero-order valence-corrected chi connectivity index (χ0v) is 9.52. The highest BCUT2D eigenvalue weighted by Gasteiger charge is 2.35. The standard InChI is InChI=1S/C13H19N3/c14-12-3-1-2-10(13(12)15)11-8-16-6-4-9(11)5-7-16/h1-3,9,11H,4-8,14-15H2. The number of nitrogens with zero attached hydrogens (tertiary/aromatic N) is 1. The van der Waals surface area contributed by atoms with Crippen molar-refractivity contribution in [3.63, 3.8) is 0 Å². The van der Waals surface area contributed by atoms with Gasteiger partial charge in [0.15, 0.2) is 0 Å². The number of hydrogen-bond acceptors (Lipinski definition) is 3. The van der Waals surface area contributed by atoms with E-state index in [2.05, 4.69) is 11.0 Å². The Morgan fingerprint density at radius 3 is 2.50 bits per heavy atom. The van der Waals surface area contributed by atoms with Gasteiger partial charge in [-0.2, -0.15) is 0 Å². The van der Waals surface area contributed by atoms with Crippen LogP contribution in [0.2, 0.25) is 0 Å². The van der Waals surface area contributed by atoms with Crippen molar-refractivity contribution < 1.29 is 0 Å². The van der Waals surface area contributed by atoms with Gasteiger partial charge in [0.1, 0.15) is 0 Å². The SMILES string of the molecule is Nc1cccc(C2CN3CCC2CC3)c1N. The van der Waals surface area contributed by atoms with Crippen molar-refractivity contribution in [3.8, 4) is 0 Å². The molecule has 0 aliphatic carbocycles. The van der Waals surface area contributed by atoms with Crippen LogP contribution in [0.25, 0.3) is 0 Å². The van der Waals surface area contributed by atoms with Crippen LogP contribution in [-0.2, 0) is 0 Å². The molecule has 1 atom stereocenters.